The first-order chi connectivity index (χ1) is 24.5. The van der Waals surface area contributed by atoms with E-state index in [1.54, 1.807) is 11.3 Å². The maximum absolute atomic E-state index is 13.9. The molecule has 13 nitrogen and oxygen atoms in total. The van der Waals surface area contributed by atoms with Gasteiger partial charge in [-0.15, -0.1) is 23.1 Å². The quantitative estimate of drug-likeness (QED) is 0.0908. The second-order valence-electron chi connectivity index (χ2n) is 11.7. The Morgan fingerprint density at radius 1 is 0.673 bits per heavy atom. The summed E-state index contributed by atoms with van der Waals surface area (Å²) in [5, 5.41) is 30.6. The van der Waals surface area contributed by atoms with E-state index in [0.29, 0.717) is 6.61 Å². The summed E-state index contributed by atoms with van der Waals surface area (Å²) in [7, 11) is 0. The molecule has 0 atom stereocenters. The number of carbonyl (C=O) groups is 5. The van der Waals surface area contributed by atoms with Crippen LogP contribution in [0.3, 0.4) is 0 Å². The first-order valence-electron chi connectivity index (χ1n) is 16.4. The van der Waals surface area contributed by atoms with E-state index in [4.69, 9.17) is 44.3 Å². The third kappa shape index (κ3) is 12.5. The van der Waals surface area contributed by atoms with Gasteiger partial charge < -0.3 is 35.5 Å². The molecule has 0 amide bonds. The lowest BCUT2D eigenvalue weighted by atomic mass is 9.97. The fraction of sp³-hybridized carbons (Fsp3) is 0.324. The van der Waals surface area contributed by atoms with Crippen LogP contribution < -0.4 is 4.74 Å². The van der Waals surface area contributed by atoms with E-state index < -0.39 is 23.9 Å². The third-order valence-electron chi connectivity index (χ3n) is 8.17. The van der Waals surface area contributed by atoms with Crippen molar-refractivity contribution in [3.63, 3.8) is 0 Å². The number of rotatable bonds is 11. The van der Waals surface area contributed by atoms with Gasteiger partial charge in [0.25, 0.3) is 0 Å². The van der Waals surface area contributed by atoms with Crippen molar-refractivity contribution in [2.24, 2.45) is 0 Å². The maximum atomic E-state index is 13.9. The van der Waals surface area contributed by atoms with Gasteiger partial charge in [0.05, 0.1) is 0 Å². The second kappa shape index (κ2) is 20.9. The summed E-state index contributed by atoms with van der Waals surface area (Å²) in [5.41, 5.74) is 2.60. The molecule has 2 saturated heterocycles. The molecule has 0 radical (unpaired) electrons. The van der Waals surface area contributed by atoms with Crippen LogP contribution in [0.2, 0.25) is 0 Å². The lowest BCUT2D eigenvalue weighted by Crippen LogP contribution is -2.25. The first-order valence-corrected chi connectivity index (χ1v) is 18.2. The highest BCUT2D eigenvalue weighted by atomic mass is 32.2. The van der Waals surface area contributed by atoms with E-state index in [1.165, 1.54) is 56.8 Å². The van der Waals surface area contributed by atoms with Crippen LogP contribution in [-0.4, -0.2) is 117 Å². The number of fused-ring (bicyclic) bond motifs is 1. The number of benzene rings is 3. The van der Waals surface area contributed by atoms with Crippen molar-refractivity contribution in [1.29, 1.82) is 0 Å². The molecule has 4 aromatic rings. The summed E-state index contributed by atoms with van der Waals surface area (Å²) >= 11 is 3.57. The predicted octanol–water partition coefficient (Wildman–Crippen LogP) is 4.95. The van der Waals surface area contributed by atoms with Gasteiger partial charge >= 0.3 is 23.9 Å². The van der Waals surface area contributed by atoms with Crippen molar-refractivity contribution in [3.8, 4) is 16.2 Å². The molecule has 1 aromatic heterocycles. The molecule has 6 N–H and O–H groups in total. The smallest absolute Gasteiger partial charge is 0.414 e. The molecule has 6 rings (SSSR count). The SMILES string of the molecule is O.O=C(O)C(=O)O.O=C(O)C(=O)O.O=C(c1ccc(SCCN2CCCC2)cc1)c1c(-c2ccc(OCCN3CCCC3)cc2)sc2ccccc12. The molecule has 0 unspecified atom stereocenters. The molecule has 52 heavy (non-hydrogen) atoms. The van der Waals surface area contributed by atoms with Crippen LogP contribution in [0.15, 0.2) is 77.7 Å². The zero-order valence-electron chi connectivity index (χ0n) is 28.4. The van der Waals surface area contributed by atoms with Crippen LogP contribution in [0, 0.1) is 0 Å². The molecule has 0 saturated carbocycles. The molecule has 0 aliphatic carbocycles. The van der Waals surface area contributed by atoms with E-state index >= 15 is 0 Å². The van der Waals surface area contributed by atoms with Gasteiger partial charge in [-0.2, -0.15) is 0 Å². The summed E-state index contributed by atoms with van der Waals surface area (Å²) in [6.07, 6.45) is 5.26. The fourth-order valence-corrected chi connectivity index (χ4v) is 7.74. The Bertz CT molecular complexity index is 1750. The Balaban J connectivity index is 0.000000486. The number of carboxylic acids is 4. The average Bonchev–Trinajstić information content (AvgIpc) is 3.91. The topological polar surface area (TPSA) is 213 Å². The Labute approximate surface area is 308 Å². The van der Waals surface area contributed by atoms with Crippen LogP contribution >= 0.6 is 23.1 Å². The van der Waals surface area contributed by atoms with Gasteiger partial charge in [-0.1, -0.05) is 18.2 Å². The molecule has 2 aliphatic heterocycles. The molecule has 2 aliphatic rings. The Hall–Kier alpha value is -4.80. The van der Waals surface area contributed by atoms with E-state index in [9.17, 15) is 4.79 Å². The van der Waals surface area contributed by atoms with Crippen LogP contribution in [0.5, 0.6) is 5.75 Å². The number of hydrogen-bond acceptors (Lipinski definition) is 10. The average molecular weight is 755 g/mol. The maximum Gasteiger partial charge on any atom is 0.414 e. The summed E-state index contributed by atoms with van der Waals surface area (Å²) in [5.74, 6) is -5.24. The van der Waals surface area contributed by atoms with Crippen LogP contribution in [0.25, 0.3) is 20.5 Å². The molecule has 2 fully saturated rings. The highest BCUT2D eigenvalue weighted by Gasteiger charge is 2.22. The third-order valence-corrected chi connectivity index (χ3v) is 10.4. The lowest BCUT2D eigenvalue weighted by molar-refractivity contribution is -0.159. The van der Waals surface area contributed by atoms with Crippen LogP contribution in [0.4, 0.5) is 0 Å². The molecule has 0 spiro atoms. The minimum absolute atomic E-state index is 0. The minimum Gasteiger partial charge on any atom is -0.492 e. The van der Waals surface area contributed by atoms with Crippen molar-refractivity contribution in [1.82, 2.24) is 9.80 Å². The van der Waals surface area contributed by atoms with Crippen LogP contribution in [0.1, 0.15) is 41.6 Å². The molecule has 3 aromatic carbocycles. The van der Waals surface area contributed by atoms with E-state index in [-0.39, 0.29) is 11.3 Å². The number of aliphatic carboxylic acids is 4. The van der Waals surface area contributed by atoms with Crippen molar-refractivity contribution >= 4 is 62.8 Å². The Morgan fingerprint density at radius 2 is 1.19 bits per heavy atom. The minimum atomic E-state index is -1.82. The molecule has 3 heterocycles. The zero-order chi connectivity index (χ0) is 36.8. The number of nitrogens with zero attached hydrogens (tertiary/aromatic N) is 2. The number of carbonyl (C=O) groups excluding carboxylic acids is 1. The number of carboxylic acid groups (broad SMARTS) is 4. The molecular formula is C37H42N2O11S2. The Kier molecular flexibility index (Phi) is 16.7. The number of ketones is 1. The van der Waals surface area contributed by atoms with Gasteiger partial charge in [-0.25, -0.2) is 19.2 Å². The van der Waals surface area contributed by atoms with E-state index in [0.717, 1.165) is 56.2 Å². The number of likely N-dealkylation sites (tertiary alicyclic amines) is 2. The highest BCUT2D eigenvalue weighted by molar-refractivity contribution is 7.99. The monoisotopic (exact) mass is 754 g/mol. The van der Waals surface area contributed by atoms with Gasteiger partial charge in [0, 0.05) is 49.8 Å². The summed E-state index contributed by atoms with van der Waals surface area (Å²) < 4.78 is 7.16. The van der Waals surface area contributed by atoms with E-state index in [1.807, 2.05) is 48.2 Å². The van der Waals surface area contributed by atoms with Gasteiger partial charge in [0.15, 0.2) is 5.78 Å². The largest absolute Gasteiger partial charge is 0.492 e. The molecule has 278 valence electrons. The lowest BCUT2D eigenvalue weighted by Gasteiger charge is -2.15. The van der Waals surface area contributed by atoms with Crippen molar-refractivity contribution in [2.75, 3.05) is 51.6 Å². The number of ether oxygens (including phenoxy) is 1. The second-order valence-corrected chi connectivity index (χ2v) is 13.9. The molecular weight excluding hydrogens is 713 g/mol. The fourth-order valence-electron chi connectivity index (χ4n) is 5.62. The summed E-state index contributed by atoms with van der Waals surface area (Å²) in [4.78, 5) is 57.6. The number of thiophene rings is 1. The van der Waals surface area contributed by atoms with E-state index in [2.05, 4.69) is 46.2 Å². The number of thioether (sulfide) groups is 1. The van der Waals surface area contributed by atoms with Crippen LogP contribution in [-0.2, 0) is 19.2 Å². The zero-order valence-corrected chi connectivity index (χ0v) is 30.0. The first kappa shape index (κ1) is 41.6. The predicted molar refractivity (Wildman–Crippen MR) is 199 cm³/mol. The normalized spacial score (nSPS) is 13.9. The van der Waals surface area contributed by atoms with Crippen molar-refractivity contribution in [3.05, 3.63) is 83.9 Å². The summed E-state index contributed by atoms with van der Waals surface area (Å²) in [6, 6.07) is 24.7. The van der Waals surface area contributed by atoms with Gasteiger partial charge in [-0.3, -0.25) is 9.69 Å². The van der Waals surface area contributed by atoms with Gasteiger partial charge in [0.1, 0.15) is 12.4 Å². The van der Waals surface area contributed by atoms with Gasteiger partial charge in [-0.05, 0) is 112 Å². The molecule has 0 bridgehead atoms. The van der Waals surface area contributed by atoms with Crippen molar-refractivity contribution < 1.29 is 54.6 Å². The molecule has 15 heteroatoms. The highest BCUT2D eigenvalue weighted by Crippen LogP contribution is 2.40. The Morgan fingerprint density at radius 3 is 1.73 bits per heavy atom. The number of hydrogen-bond donors (Lipinski definition) is 4. The summed E-state index contributed by atoms with van der Waals surface area (Å²) in [6.45, 7) is 7.67. The van der Waals surface area contributed by atoms with Gasteiger partial charge in [0.2, 0.25) is 0 Å². The standard InChI is InChI=1S/C33H36N2O2S2.2C2H2O4.H2O/c36-32(25-11-15-28(16-12-25)38-24-22-35-19-5-6-20-35)31-29-7-1-2-8-30(29)39-33(31)26-9-13-27(14-10-26)37-23-21-34-17-3-4-18-34;2*3-1(4)2(5)6;/h1-2,7-16H,3-6,17-24H2;2*(H,3,4)(H,5,6);1H2. The van der Waals surface area contributed by atoms with Crippen molar-refractivity contribution in [2.45, 2.75) is 30.6 Å².